The van der Waals surface area contributed by atoms with Crippen LogP contribution in [0.3, 0.4) is 0 Å². The van der Waals surface area contributed by atoms with E-state index in [0.717, 1.165) is 17.3 Å². The van der Waals surface area contributed by atoms with Crippen LogP contribution in [0.5, 0.6) is 11.5 Å². The minimum atomic E-state index is -0.483. The molecule has 0 saturated heterocycles. The number of para-hydroxylation sites is 2. The molecule has 3 aromatic rings. The summed E-state index contributed by atoms with van der Waals surface area (Å²) in [4.78, 5) is 28.1. The van der Waals surface area contributed by atoms with Gasteiger partial charge in [-0.15, -0.1) is 0 Å². The van der Waals surface area contributed by atoms with Crippen molar-refractivity contribution in [3.8, 4) is 11.5 Å². The molecule has 0 atom stereocenters. The number of nitrogens with zero attached hydrogens (tertiary/aromatic N) is 1. The van der Waals surface area contributed by atoms with Gasteiger partial charge >= 0.3 is 0 Å². The predicted molar refractivity (Wildman–Crippen MR) is 110 cm³/mol. The lowest BCUT2D eigenvalue weighted by atomic mass is 10.1. The van der Waals surface area contributed by atoms with E-state index in [0.29, 0.717) is 27.9 Å². The summed E-state index contributed by atoms with van der Waals surface area (Å²) in [6.07, 6.45) is 2.87. The molecule has 0 unspecified atom stereocenters. The van der Waals surface area contributed by atoms with Crippen LogP contribution < -0.4 is 20.3 Å². The molecule has 2 amide bonds. The van der Waals surface area contributed by atoms with Crippen LogP contribution in [-0.2, 0) is 9.59 Å². The maximum atomic E-state index is 11.9. The van der Waals surface area contributed by atoms with Gasteiger partial charge in [0.25, 0.3) is 11.1 Å². The molecule has 0 bridgehead atoms. The fourth-order valence-corrected chi connectivity index (χ4v) is 3.01. The van der Waals surface area contributed by atoms with Gasteiger partial charge in [-0.05, 0) is 30.3 Å². The van der Waals surface area contributed by atoms with E-state index in [9.17, 15) is 9.59 Å². The number of methoxy groups -OCH3 is 2. The Morgan fingerprint density at radius 1 is 1.14 bits per heavy atom. The van der Waals surface area contributed by atoms with Crippen molar-refractivity contribution in [2.24, 2.45) is 0 Å². The van der Waals surface area contributed by atoms with Crippen molar-refractivity contribution >= 4 is 40.8 Å². The zero-order chi connectivity index (χ0) is 20.6. The van der Waals surface area contributed by atoms with Gasteiger partial charge < -0.3 is 13.9 Å². The summed E-state index contributed by atoms with van der Waals surface area (Å²) in [7, 11) is 3.09. The Bertz CT molecular complexity index is 1010. The van der Waals surface area contributed by atoms with E-state index in [1.165, 1.54) is 13.2 Å². The van der Waals surface area contributed by atoms with Gasteiger partial charge in [-0.1, -0.05) is 23.9 Å². The van der Waals surface area contributed by atoms with Crippen LogP contribution >= 0.6 is 11.8 Å². The molecule has 9 heteroatoms. The van der Waals surface area contributed by atoms with Crippen molar-refractivity contribution in [2.45, 2.75) is 5.22 Å². The summed E-state index contributed by atoms with van der Waals surface area (Å²) in [6.45, 7) is 0. The van der Waals surface area contributed by atoms with Crippen LogP contribution in [0.4, 0.5) is 0 Å². The largest absolute Gasteiger partial charge is 0.497 e. The van der Waals surface area contributed by atoms with Gasteiger partial charge in [0, 0.05) is 17.7 Å². The SMILES string of the molecule is COc1ccc(/C=C/C(=O)NNC(=O)CSc2nc3ccccc3o2)c(OC)c1. The Morgan fingerprint density at radius 3 is 2.72 bits per heavy atom. The summed E-state index contributed by atoms with van der Waals surface area (Å²) in [5.41, 5.74) is 6.73. The highest BCUT2D eigenvalue weighted by molar-refractivity contribution is 7.99. The van der Waals surface area contributed by atoms with Crippen molar-refractivity contribution in [1.29, 1.82) is 0 Å². The number of hydrogen-bond acceptors (Lipinski definition) is 7. The minimum absolute atomic E-state index is 0.0448. The Labute approximate surface area is 171 Å². The molecule has 0 aliphatic carbocycles. The molecule has 8 nitrogen and oxygen atoms in total. The van der Waals surface area contributed by atoms with E-state index in [-0.39, 0.29) is 11.7 Å². The highest BCUT2D eigenvalue weighted by atomic mass is 32.2. The molecule has 0 saturated carbocycles. The van der Waals surface area contributed by atoms with Gasteiger partial charge in [0.2, 0.25) is 5.91 Å². The molecule has 2 N–H and O–H groups in total. The molecule has 3 rings (SSSR count). The number of aromatic nitrogens is 1. The highest BCUT2D eigenvalue weighted by Crippen LogP contribution is 2.25. The number of nitrogens with one attached hydrogen (secondary N) is 2. The molecular weight excluding hydrogens is 394 g/mol. The number of rotatable bonds is 7. The molecule has 0 aliphatic heterocycles. The number of carbonyl (C=O) groups excluding carboxylic acids is 2. The monoisotopic (exact) mass is 413 g/mol. The van der Waals surface area contributed by atoms with E-state index >= 15 is 0 Å². The van der Waals surface area contributed by atoms with E-state index in [4.69, 9.17) is 13.9 Å². The van der Waals surface area contributed by atoms with Crippen LogP contribution in [0.25, 0.3) is 17.2 Å². The Kier molecular flexibility index (Phi) is 6.75. The molecule has 0 radical (unpaired) electrons. The number of carbonyl (C=O) groups is 2. The van der Waals surface area contributed by atoms with E-state index in [1.54, 1.807) is 37.5 Å². The molecule has 2 aromatic carbocycles. The lowest BCUT2D eigenvalue weighted by molar-refractivity contribution is -0.125. The van der Waals surface area contributed by atoms with Crippen molar-refractivity contribution in [2.75, 3.05) is 20.0 Å². The van der Waals surface area contributed by atoms with Crippen molar-refractivity contribution < 1.29 is 23.5 Å². The molecule has 29 heavy (non-hydrogen) atoms. The van der Waals surface area contributed by atoms with Gasteiger partial charge in [0.05, 0.1) is 20.0 Å². The number of thioether (sulfide) groups is 1. The Hall–Kier alpha value is -3.46. The summed E-state index contributed by atoms with van der Waals surface area (Å²) in [5, 5.41) is 0.388. The predicted octanol–water partition coefficient (Wildman–Crippen LogP) is 2.80. The second-order valence-corrected chi connectivity index (χ2v) is 6.64. The quantitative estimate of drug-likeness (QED) is 0.349. The van der Waals surface area contributed by atoms with Gasteiger partial charge in [-0.3, -0.25) is 20.4 Å². The Balaban J connectivity index is 1.47. The summed E-state index contributed by atoms with van der Waals surface area (Å²) in [6, 6.07) is 12.6. The lowest BCUT2D eigenvalue weighted by Crippen LogP contribution is -2.41. The first-order valence-electron chi connectivity index (χ1n) is 8.56. The maximum absolute atomic E-state index is 11.9. The van der Waals surface area contributed by atoms with Gasteiger partial charge in [0.15, 0.2) is 5.58 Å². The van der Waals surface area contributed by atoms with Crippen LogP contribution in [0.2, 0.25) is 0 Å². The minimum Gasteiger partial charge on any atom is -0.497 e. The summed E-state index contributed by atoms with van der Waals surface area (Å²) < 4.78 is 15.9. The number of fused-ring (bicyclic) bond motifs is 1. The topological polar surface area (TPSA) is 103 Å². The van der Waals surface area contributed by atoms with Crippen molar-refractivity contribution in [3.63, 3.8) is 0 Å². The number of hydrazine groups is 1. The average Bonchev–Trinajstić information content (AvgIpc) is 3.17. The summed E-state index contributed by atoms with van der Waals surface area (Å²) >= 11 is 1.14. The zero-order valence-corrected chi connectivity index (χ0v) is 16.6. The fourth-order valence-electron chi connectivity index (χ4n) is 2.37. The van der Waals surface area contributed by atoms with Crippen molar-refractivity contribution in [3.05, 3.63) is 54.1 Å². The van der Waals surface area contributed by atoms with E-state index in [2.05, 4.69) is 15.8 Å². The fraction of sp³-hybridized carbons (Fsp3) is 0.150. The number of oxazole rings is 1. The van der Waals surface area contributed by atoms with E-state index < -0.39 is 5.91 Å². The molecule has 150 valence electrons. The normalized spacial score (nSPS) is 10.8. The molecule has 1 heterocycles. The first-order valence-corrected chi connectivity index (χ1v) is 9.55. The molecule has 0 fully saturated rings. The molecule has 0 aliphatic rings. The number of ether oxygens (including phenoxy) is 2. The smallest absolute Gasteiger partial charge is 0.262 e. The van der Waals surface area contributed by atoms with Crippen LogP contribution in [0, 0.1) is 0 Å². The molecule has 1 aromatic heterocycles. The standard InChI is InChI=1S/C20H19N3O5S/c1-26-14-9-7-13(17(11-14)27-2)8-10-18(24)22-23-19(25)12-29-20-21-15-5-3-4-6-16(15)28-20/h3-11H,12H2,1-2H3,(H,22,24)(H,23,25)/b10-8+. The summed E-state index contributed by atoms with van der Waals surface area (Å²) in [5.74, 6) is 0.381. The second kappa shape index (κ2) is 9.65. The average molecular weight is 413 g/mol. The number of hydrogen-bond donors (Lipinski definition) is 2. The number of benzene rings is 2. The molecular formula is C20H19N3O5S. The number of amides is 2. The third-order valence-corrected chi connectivity index (χ3v) is 4.61. The van der Waals surface area contributed by atoms with Crippen LogP contribution in [0.1, 0.15) is 5.56 Å². The first kappa shape index (κ1) is 20.3. The van der Waals surface area contributed by atoms with Crippen LogP contribution in [0.15, 0.2) is 58.2 Å². The van der Waals surface area contributed by atoms with Crippen LogP contribution in [-0.4, -0.2) is 36.8 Å². The van der Waals surface area contributed by atoms with Gasteiger partial charge in [0.1, 0.15) is 17.0 Å². The van der Waals surface area contributed by atoms with E-state index in [1.807, 2.05) is 18.2 Å². The first-order chi connectivity index (χ1) is 14.1. The van der Waals surface area contributed by atoms with Crippen molar-refractivity contribution in [1.82, 2.24) is 15.8 Å². The third kappa shape index (κ3) is 5.52. The maximum Gasteiger partial charge on any atom is 0.262 e. The Morgan fingerprint density at radius 2 is 1.97 bits per heavy atom. The van der Waals surface area contributed by atoms with Gasteiger partial charge in [-0.2, -0.15) is 0 Å². The van der Waals surface area contributed by atoms with Gasteiger partial charge in [-0.25, -0.2) is 4.98 Å². The second-order valence-electron chi connectivity index (χ2n) is 5.71. The molecule has 0 spiro atoms. The lowest BCUT2D eigenvalue weighted by Gasteiger charge is -2.07. The highest BCUT2D eigenvalue weighted by Gasteiger charge is 2.09. The zero-order valence-electron chi connectivity index (χ0n) is 15.8. The third-order valence-electron chi connectivity index (χ3n) is 3.78.